The first-order chi connectivity index (χ1) is 6.36. The summed E-state index contributed by atoms with van der Waals surface area (Å²) in [5, 5.41) is 19.3. The fraction of sp³-hybridized carbons (Fsp3) is 0.625. The largest absolute Gasteiger partial charge is 0.389 e. The van der Waals surface area contributed by atoms with Gasteiger partial charge in [0.25, 0.3) is 0 Å². The fourth-order valence-corrected chi connectivity index (χ4v) is 1.36. The van der Waals surface area contributed by atoms with E-state index in [0.717, 1.165) is 5.69 Å². The van der Waals surface area contributed by atoms with Gasteiger partial charge < -0.3 is 15.2 Å². The van der Waals surface area contributed by atoms with Crippen molar-refractivity contribution < 1.29 is 9.84 Å². The van der Waals surface area contributed by atoms with Crippen LogP contribution in [0.1, 0.15) is 5.69 Å². The second-order valence-electron chi connectivity index (χ2n) is 3.17. The predicted molar refractivity (Wildman–Crippen MR) is 46.0 cm³/mol. The van der Waals surface area contributed by atoms with E-state index in [0.29, 0.717) is 19.8 Å². The van der Waals surface area contributed by atoms with Crippen molar-refractivity contribution in [2.75, 3.05) is 13.2 Å². The first-order valence-corrected chi connectivity index (χ1v) is 4.33. The molecule has 1 saturated heterocycles. The van der Waals surface area contributed by atoms with Crippen molar-refractivity contribution in [1.29, 1.82) is 0 Å². The van der Waals surface area contributed by atoms with E-state index in [9.17, 15) is 5.11 Å². The molecule has 5 heteroatoms. The maximum absolute atomic E-state index is 9.40. The number of aromatic amines is 1. The Morgan fingerprint density at radius 3 is 3.23 bits per heavy atom. The Balaban J connectivity index is 1.79. The molecular formula is C8H13N3O2. The number of aliphatic hydroxyl groups excluding tert-OH is 1. The summed E-state index contributed by atoms with van der Waals surface area (Å²) in [6.07, 6.45) is 1.32. The zero-order valence-electron chi connectivity index (χ0n) is 7.23. The second-order valence-corrected chi connectivity index (χ2v) is 3.17. The molecule has 2 heterocycles. The standard InChI is InChI=1S/C8H13N3O2/c12-8-5-13-4-7(8)9-3-6-1-2-10-11-6/h1-2,7-9,12H,3-5H2,(H,10,11)/t7-,8-/m1/s1. The van der Waals surface area contributed by atoms with Gasteiger partial charge in [-0.3, -0.25) is 5.10 Å². The van der Waals surface area contributed by atoms with E-state index in [4.69, 9.17) is 4.74 Å². The predicted octanol–water partition coefficient (Wildman–Crippen LogP) is -0.741. The SMILES string of the molecule is O[C@@H]1COC[C@H]1NCc1ccn[nH]1. The summed E-state index contributed by atoms with van der Waals surface area (Å²) in [7, 11) is 0. The van der Waals surface area contributed by atoms with E-state index in [1.54, 1.807) is 6.20 Å². The van der Waals surface area contributed by atoms with E-state index in [-0.39, 0.29) is 12.1 Å². The van der Waals surface area contributed by atoms with Crippen molar-refractivity contribution >= 4 is 0 Å². The average molecular weight is 183 g/mol. The first kappa shape index (κ1) is 8.68. The molecule has 1 aromatic heterocycles. The Morgan fingerprint density at radius 1 is 1.69 bits per heavy atom. The maximum atomic E-state index is 9.40. The summed E-state index contributed by atoms with van der Waals surface area (Å²) < 4.78 is 5.10. The monoisotopic (exact) mass is 183 g/mol. The van der Waals surface area contributed by atoms with Gasteiger partial charge in [0.05, 0.1) is 25.4 Å². The number of hydrogen-bond acceptors (Lipinski definition) is 4. The average Bonchev–Trinajstić information content (AvgIpc) is 2.72. The molecule has 0 radical (unpaired) electrons. The Bertz CT molecular complexity index is 250. The van der Waals surface area contributed by atoms with Crippen molar-refractivity contribution in [3.05, 3.63) is 18.0 Å². The van der Waals surface area contributed by atoms with Crippen LogP contribution >= 0.6 is 0 Å². The van der Waals surface area contributed by atoms with E-state index in [1.807, 2.05) is 6.07 Å². The third-order valence-corrected chi connectivity index (χ3v) is 2.16. The van der Waals surface area contributed by atoms with Crippen LogP contribution in [0.15, 0.2) is 12.3 Å². The summed E-state index contributed by atoms with van der Waals surface area (Å²) in [6, 6.07) is 1.94. The molecule has 0 amide bonds. The minimum Gasteiger partial charge on any atom is -0.389 e. The van der Waals surface area contributed by atoms with Gasteiger partial charge >= 0.3 is 0 Å². The van der Waals surface area contributed by atoms with Crippen molar-refractivity contribution in [2.45, 2.75) is 18.7 Å². The molecule has 0 saturated carbocycles. The topological polar surface area (TPSA) is 70.2 Å². The summed E-state index contributed by atoms with van der Waals surface area (Å²) in [5.41, 5.74) is 1.01. The van der Waals surface area contributed by atoms with Gasteiger partial charge in [-0.15, -0.1) is 0 Å². The quantitative estimate of drug-likeness (QED) is 0.577. The molecule has 13 heavy (non-hydrogen) atoms. The third-order valence-electron chi connectivity index (χ3n) is 2.16. The van der Waals surface area contributed by atoms with Gasteiger partial charge in [0.15, 0.2) is 0 Å². The van der Waals surface area contributed by atoms with Gasteiger partial charge in [0, 0.05) is 18.4 Å². The molecule has 0 unspecified atom stereocenters. The number of aromatic nitrogens is 2. The zero-order valence-corrected chi connectivity index (χ0v) is 7.23. The molecule has 0 aliphatic carbocycles. The van der Waals surface area contributed by atoms with Gasteiger partial charge in [0.2, 0.25) is 0 Å². The highest BCUT2D eigenvalue weighted by molar-refractivity contribution is 4.97. The van der Waals surface area contributed by atoms with Crippen LogP contribution in [0, 0.1) is 0 Å². The Kier molecular flexibility index (Phi) is 2.58. The minimum absolute atomic E-state index is 0.0447. The summed E-state index contributed by atoms with van der Waals surface area (Å²) in [4.78, 5) is 0. The number of ether oxygens (including phenoxy) is 1. The van der Waals surface area contributed by atoms with E-state index in [1.165, 1.54) is 0 Å². The van der Waals surface area contributed by atoms with Gasteiger partial charge in [-0.05, 0) is 6.07 Å². The lowest BCUT2D eigenvalue weighted by atomic mass is 10.2. The van der Waals surface area contributed by atoms with Gasteiger partial charge in [-0.25, -0.2) is 0 Å². The number of rotatable bonds is 3. The molecule has 0 bridgehead atoms. The van der Waals surface area contributed by atoms with Crippen LogP contribution in [-0.2, 0) is 11.3 Å². The number of hydrogen-bond donors (Lipinski definition) is 3. The van der Waals surface area contributed by atoms with Crippen LogP contribution in [0.4, 0.5) is 0 Å². The highest BCUT2D eigenvalue weighted by Gasteiger charge is 2.25. The highest BCUT2D eigenvalue weighted by Crippen LogP contribution is 2.05. The molecule has 1 aliphatic rings. The van der Waals surface area contributed by atoms with Crippen LogP contribution < -0.4 is 5.32 Å². The van der Waals surface area contributed by atoms with E-state index < -0.39 is 0 Å². The number of nitrogens with zero attached hydrogens (tertiary/aromatic N) is 1. The van der Waals surface area contributed by atoms with Crippen molar-refractivity contribution in [2.24, 2.45) is 0 Å². The smallest absolute Gasteiger partial charge is 0.0948 e. The van der Waals surface area contributed by atoms with Gasteiger partial charge in [-0.2, -0.15) is 5.10 Å². The summed E-state index contributed by atoms with van der Waals surface area (Å²) in [6.45, 7) is 1.70. The lowest BCUT2D eigenvalue weighted by Crippen LogP contribution is -2.38. The summed E-state index contributed by atoms with van der Waals surface area (Å²) in [5.74, 6) is 0. The van der Waals surface area contributed by atoms with Crippen LogP contribution in [0.5, 0.6) is 0 Å². The highest BCUT2D eigenvalue weighted by atomic mass is 16.5. The van der Waals surface area contributed by atoms with Crippen LogP contribution in [0.3, 0.4) is 0 Å². The van der Waals surface area contributed by atoms with Crippen molar-refractivity contribution in [3.8, 4) is 0 Å². The molecule has 2 rings (SSSR count). The lowest BCUT2D eigenvalue weighted by Gasteiger charge is -2.13. The molecule has 2 atom stereocenters. The van der Waals surface area contributed by atoms with Crippen LogP contribution in [0.2, 0.25) is 0 Å². The Labute approximate surface area is 76.1 Å². The van der Waals surface area contributed by atoms with Crippen molar-refractivity contribution in [3.63, 3.8) is 0 Å². The normalized spacial score (nSPS) is 28.1. The van der Waals surface area contributed by atoms with E-state index >= 15 is 0 Å². The molecule has 0 aromatic carbocycles. The molecule has 72 valence electrons. The molecular weight excluding hydrogens is 170 g/mol. The van der Waals surface area contributed by atoms with Crippen LogP contribution in [0.25, 0.3) is 0 Å². The summed E-state index contributed by atoms with van der Waals surface area (Å²) >= 11 is 0. The minimum atomic E-state index is -0.386. The number of aliphatic hydroxyl groups is 1. The maximum Gasteiger partial charge on any atom is 0.0948 e. The molecule has 1 fully saturated rings. The van der Waals surface area contributed by atoms with Crippen LogP contribution in [-0.4, -0.2) is 40.7 Å². The number of H-pyrrole nitrogens is 1. The Hall–Kier alpha value is -0.910. The van der Waals surface area contributed by atoms with Crippen molar-refractivity contribution in [1.82, 2.24) is 15.5 Å². The molecule has 0 spiro atoms. The fourth-order valence-electron chi connectivity index (χ4n) is 1.36. The second kappa shape index (κ2) is 3.87. The van der Waals surface area contributed by atoms with E-state index in [2.05, 4.69) is 15.5 Å². The Morgan fingerprint density at radius 2 is 2.62 bits per heavy atom. The number of nitrogens with one attached hydrogen (secondary N) is 2. The molecule has 1 aromatic rings. The zero-order chi connectivity index (χ0) is 9.10. The third kappa shape index (κ3) is 2.06. The molecule has 1 aliphatic heterocycles. The van der Waals surface area contributed by atoms with Gasteiger partial charge in [-0.1, -0.05) is 0 Å². The molecule has 3 N–H and O–H groups in total. The van der Waals surface area contributed by atoms with Gasteiger partial charge in [0.1, 0.15) is 0 Å². The molecule has 5 nitrogen and oxygen atoms in total. The first-order valence-electron chi connectivity index (χ1n) is 4.33. The lowest BCUT2D eigenvalue weighted by molar-refractivity contribution is 0.122.